The van der Waals surface area contributed by atoms with Crippen LogP contribution >= 0.6 is 11.8 Å². The van der Waals surface area contributed by atoms with Crippen molar-refractivity contribution in [3.63, 3.8) is 0 Å². The topological polar surface area (TPSA) is 90.4 Å². The smallest absolute Gasteiger partial charge is 0.407 e. The summed E-state index contributed by atoms with van der Waals surface area (Å²) in [6, 6.07) is 5.51. The van der Waals surface area contributed by atoms with E-state index in [0.717, 1.165) is 10.6 Å². The van der Waals surface area contributed by atoms with Gasteiger partial charge in [-0.05, 0) is 39.0 Å². The zero-order valence-electron chi connectivity index (χ0n) is 11.5. The Morgan fingerprint density at radius 1 is 1.32 bits per heavy atom. The van der Waals surface area contributed by atoms with Gasteiger partial charge >= 0.3 is 6.09 Å². The number of anilines is 2. The molecule has 5 nitrogen and oxygen atoms in total. The summed E-state index contributed by atoms with van der Waals surface area (Å²) in [5, 5.41) is 2.70. The summed E-state index contributed by atoms with van der Waals surface area (Å²) in [6.45, 7) is 6.03. The normalized spacial score (nSPS) is 11.1. The Morgan fingerprint density at radius 2 is 2.00 bits per heavy atom. The van der Waals surface area contributed by atoms with Crippen molar-refractivity contribution in [3.05, 3.63) is 18.2 Å². The van der Waals surface area contributed by atoms with E-state index < -0.39 is 11.7 Å². The molecular weight excluding hydrogens is 262 g/mol. The van der Waals surface area contributed by atoms with Gasteiger partial charge in [-0.2, -0.15) is 0 Å². The minimum atomic E-state index is -0.470. The van der Waals surface area contributed by atoms with E-state index in [9.17, 15) is 4.79 Å². The second-order valence-corrected chi connectivity index (χ2v) is 6.24. The molecule has 0 heterocycles. The molecule has 0 atom stereocenters. The molecule has 1 aromatic rings. The molecule has 0 aliphatic heterocycles. The van der Waals surface area contributed by atoms with E-state index in [1.807, 2.05) is 32.9 Å². The third-order valence-electron chi connectivity index (χ3n) is 2.10. The Hall–Kier alpha value is -1.56. The molecule has 6 heteroatoms. The van der Waals surface area contributed by atoms with Crippen LogP contribution in [0.3, 0.4) is 0 Å². The van der Waals surface area contributed by atoms with E-state index in [1.165, 1.54) is 0 Å². The van der Waals surface area contributed by atoms with Crippen LogP contribution in [0.25, 0.3) is 0 Å². The summed E-state index contributed by atoms with van der Waals surface area (Å²) in [6.07, 6.45) is -0.398. The Labute approximate surface area is 118 Å². The molecule has 0 unspecified atom stereocenters. The molecular formula is C13H21N3O2S. The SMILES string of the molecule is CC(C)(C)OC(=O)NCCSc1ccc(N)c(N)c1. The van der Waals surface area contributed by atoms with E-state index in [1.54, 1.807) is 17.8 Å². The molecule has 1 amide bonds. The first-order valence-electron chi connectivity index (χ1n) is 6.02. The highest BCUT2D eigenvalue weighted by Gasteiger charge is 2.15. The summed E-state index contributed by atoms with van der Waals surface area (Å²) >= 11 is 1.60. The third kappa shape index (κ3) is 6.24. The number of thioether (sulfide) groups is 1. The summed E-state index contributed by atoms with van der Waals surface area (Å²) < 4.78 is 5.13. The molecule has 0 bridgehead atoms. The first-order chi connectivity index (χ1) is 8.78. The number of amides is 1. The highest BCUT2D eigenvalue weighted by molar-refractivity contribution is 7.99. The third-order valence-corrected chi connectivity index (χ3v) is 3.09. The van der Waals surface area contributed by atoms with E-state index in [-0.39, 0.29) is 0 Å². The number of nitrogens with one attached hydrogen (secondary N) is 1. The van der Waals surface area contributed by atoms with E-state index in [2.05, 4.69) is 5.32 Å². The average Bonchev–Trinajstić information content (AvgIpc) is 2.27. The zero-order valence-corrected chi connectivity index (χ0v) is 12.3. The molecule has 1 aromatic carbocycles. The molecule has 0 saturated heterocycles. The molecule has 106 valence electrons. The van der Waals surface area contributed by atoms with Gasteiger partial charge in [0.05, 0.1) is 11.4 Å². The van der Waals surface area contributed by atoms with Crippen molar-refractivity contribution in [2.24, 2.45) is 0 Å². The summed E-state index contributed by atoms with van der Waals surface area (Å²) in [5.74, 6) is 0.739. The molecule has 0 spiro atoms. The first kappa shape index (κ1) is 15.5. The van der Waals surface area contributed by atoms with E-state index >= 15 is 0 Å². The van der Waals surface area contributed by atoms with Crippen LogP contribution < -0.4 is 16.8 Å². The van der Waals surface area contributed by atoms with Crippen molar-refractivity contribution < 1.29 is 9.53 Å². The lowest BCUT2D eigenvalue weighted by Crippen LogP contribution is -2.33. The molecule has 0 aromatic heterocycles. The van der Waals surface area contributed by atoms with Crippen molar-refractivity contribution in [2.75, 3.05) is 23.8 Å². The molecule has 5 N–H and O–H groups in total. The minimum absolute atomic E-state index is 0.398. The number of nitrogens with two attached hydrogens (primary N) is 2. The number of hydrogen-bond acceptors (Lipinski definition) is 5. The Balaban J connectivity index is 2.27. The van der Waals surface area contributed by atoms with Gasteiger partial charge in [0.2, 0.25) is 0 Å². The van der Waals surface area contributed by atoms with E-state index in [4.69, 9.17) is 16.2 Å². The van der Waals surface area contributed by atoms with Gasteiger partial charge in [0, 0.05) is 17.2 Å². The lowest BCUT2D eigenvalue weighted by molar-refractivity contribution is 0.0531. The molecule has 0 aliphatic rings. The maximum Gasteiger partial charge on any atom is 0.407 e. The Bertz CT molecular complexity index is 444. The summed E-state index contributed by atoms with van der Waals surface area (Å²) in [4.78, 5) is 12.4. The molecule has 0 fully saturated rings. The molecule has 19 heavy (non-hydrogen) atoms. The van der Waals surface area contributed by atoms with Crippen LogP contribution in [0.15, 0.2) is 23.1 Å². The zero-order chi connectivity index (χ0) is 14.5. The van der Waals surface area contributed by atoms with Crippen LogP contribution in [0.5, 0.6) is 0 Å². The maximum atomic E-state index is 11.4. The number of benzene rings is 1. The number of rotatable bonds is 4. The summed E-state index contributed by atoms with van der Waals surface area (Å²) in [7, 11) is 0. The van der Waals surface area contributed by atoms with Crippen LogP contribution in [0, 0.1) is 0 Å². The number of nitrogen functional groups attached to an aromatic ring is 2. The van der Waals surface area contributed by atoms with Gasteiger partial charge in [-0.15, -0.1) is 11.8 Å². The van der Waals surface area contributed by atoms with Crippen molar-refractivity contribution in [1.82, 2.24) is 5.32 Å². The van der Waals surface area contributed by atoms with Crippen molar-refractivity contribution in [2.45, 2.75) is 31.3 Å². The molecule has 0 radical (unpaired) electrons. The number of alkyl carbamates (subject to hydrolysis) is 1. The Kier molecular flexibility index (Phi) is 5.35. The van der Waals surface area contributed by atoms with Crippen LogP contribution in [0.4, 0.5) is 16.2 Å². The van der Waals surface area contributed by atoms with Crippen molar-refractivity contribution in [3.8, 4) is 0 Å². The van der Waals surface area contributed by atoms with Gasteiger partial charge in [-0.25, -0.2) is 4.79 Å². The standard InChI is InChI=1S/C13H21N3O2S/c1-13(2,3)18-12(17)16-6-7-19-9-4-5-10(14)11(15)8-9/h4-5,8H,6-7,14-15H2,1-3H3,(H,16,17). The van der Waals surface area contributed by atoms with Crippen LogP contribution in [0.2, 0.25) is 0 Å². The fourth-order valence-electron chi connectivity index (χ4n) is 1.28. The predicted octanol–water partition coefficient (Wildman–Crippen LogP) is 2.47. The van der Waals surface area contributed by atoms with Crippen LogP contribution in [0.1, 0.15) is 20.8 Å². The van der Waals surface area contributed by atoms with Gasteiger partial charge in [-0.3, -0.25) is 0 Å². The van der Waals surface area contributed by atoms with Gasteiger partial charge in [0.15, 0.2) is 0 Å². The predicted molar refractivity (Wildman–Crippen MR) is 80.2 cm³/mol. The van der Waals surface area contributed by atoms with Gasteiger partial charge in [0.25, 0.3) is 0 Å². The molecule has 0 aliphatic carbocycles. The van der Waals surface area contributed by atoms with Gasteiger partial charge in [0.1, 0.15) is 5.60 Å². The van der Waals surface area contributed by atoms with Gasteiger partial charge in [-0.1, -0.05) is 0 Å². The number of carbonyl (C=O) groups excluding carboxylic acids is 1. The molecule has 1 rings (SSSR count). The fourth-order valence-corrected chi connectivity index (χ4v) is 2.09. The van der Waals surface area contributed by atoms with Crippen molar-refractivity contribution >= 4 is 29.2 Å². The molecule has 0 saturated carbocycles. The van der Waals surface area contributed by atoms with Crippen LogP contribution in [-0.2, 0) is 4.74 Å². The number of carbonyl (C=O) groups is 1. The monoisotopic (exact) mass is 283 g/mol. The maximum absolute atomic E-state index is 11.4. The first-order valence-corrected chi connectivity index (χ1v) is 7.01. The van der Waals surface area contributed by atoms with Crippen molar-refractivity contribution in [1.29, 1.82) is 0 Å². The number of hydrogen-bond donors (Lipinski definition) is 3. The van der Waals surface area contributed by atoms with E-state index in [0.29, 0.717) is 17.9 Å². The largest absolute Gasteiger partial charge is 0.444 e. The van der Waals surface area contributed by atoms with Gasteiger partial charge < -0.3 is 21.5 Å². The lowest BCUT2D eigenvalue weighted by atomic mass is 10.2. The fraction of sp³-hybridized carbons (Fsp3) is 0.462. The highest BCUT2D eigenvalue weighted by atomic mass is 32.2. The second-order valence-electron chi connectivity index (χ2n) is 5.07. The Morgan fingerprint density at radius 3 is 2.58 bits per heavy atom. The minimum Gasteiger partial charge on any atom is -0.444 e. The second kappa shape index (κ2) is 6.56. The van der Waals surface area contributed by atoms with Crippen LogP contribution in [-0.4, -0.2) is 24.0 Å². The lowest BCUT2D eigenvalue weighted by Gasteiger charge is -2.19. The summed E-state index contributed by atoms with van der Waals surface area (Å²) in [5.41, 5.74) is 12.0. The average molecular weight is 283 g/mol. The quantitative estimate of drug-likeness (QED) is 0.448. The number of ether oxygens (including phenoxy) is 1. The highest BCUT2D eigenvalue weighted by Crippen LogP contribution is 2.23.